The fourth-order valence-electron chi connectivity index (χ4n) is 7.85. The van der Waals surface area contributed by atoms with Crippen LogP contribution in [0.15, 0.2) is 12.1 Å². The number of benzene rings is 2. The SMILES string of the molecule is N#Cc1c(N)sc2c(F)ccc(-c3c(Cl)c4c5c(nc(OCC67CCCN6C[C@H](F)C7)nc5c3F)N3CCC(C(F)F)C3CO4)c12. The molecular weight excluding hydrogens is 651 g/mol. The maximum absolute atomic E-state index is 17.0. The van der Waals surface area contributed by atoms with Gasteiger partial charge in [-0.1, -0.05) is 17.7 Å². The van der Waals surface area contributed by atoms with Crippen molar-refractivity contribution in [3.63, 3.8) is 0 Å². The Morgan fingerprint density at radius 2 is 2.07 bits per heavy atom. The molecule has 4 aromatic rings. The van der Waals surface area contributed by atoms with Gasteiger partial charge in [0.05, 0.1) is 32.3 Å². The van der Waals surface area contributed by atoms with Crippen molar-refractivity contribution >= 4 is 54.7 Å². The Morgan fingerprint density at radius 3 is 2.85 bits per heavy atom. The van der Waals surface area contributed by atoms with Crippen LogP contribution in [-0.2, 0) is 0 Å². The summed E-state index contributed by atoms with van der Waals surface area (Å²) in [5, 5.41) is 9.87. The van der Waals surface area contributed by atoms with Crippen molar-refractivity contribution in [1.82, 2.24) is 14.9 Å². The summed E-state index contributed by atoms with van der Waals surface area (Å²) in [5.41, 5.74) is 5.08. The largest absolute Gasteiger partial charge is 0.489 e. The van der Waals surface area contributed by atoms with Gasteiger partial charge in [0.1, 0.15) is 47.6 Å². The molecule has 46 heavy (non-hydrogen) atoms. The zero-order valence-electron chi connectivity index (χ0n) is 24.1. The fourth-order valence-corrected chi connectivity index (χ4v) is 9.14. The summed E-state index contributed by atoms with van der Waals surface area (Å²) in [5.74, 6) is -2.49. The predicted molar refractivity (Wildman–Crippen MR) is 164 cm³/mol. The van der Waals surface area contributed by atoms with E-state index in [1.165, 1.54) is 6.07 Å². The second kappa shape index (κ2) is 10.7. The van der Waals surface area contributed by atoms with Crippen LogP contribution < -0.4 is 20.1 Å². The number of nitriles is 1. The molecular formula is C31H26ClF5N6O2S. The first-order valence-electron chi connectivity index (χ1n) is 14.9. The molecule has 0 bridgehead atoms. The van der Waals surface area contributed by atoms with E-state index in [4.69, 9.17) is 26.8 Å². The first-order chi connectivity index (χ1) is 22.1. The third-order valence-corrected chi connectivity index (χ3v) is 11.4. The first-order valence-corrected chi connectivity index (χ1v) is 16.1. The molecule has 3 unspecified atom stereocenters. The lowest BCUT2D eigenvalue weighted by Gasteiger charge is -2.31. The molecule has 4 atom stereocenters. The van der Waals surface area contributed by atoms with Crippen LogP contribution in [0, 0.1) is 28.9 Å². The summed E-state index contributed by atoms with van der Waals surface area (Å²) in [6.45, 7) is 1.11. The minimum absolute atomic E-state index is 0.0205. The summed E-state index contributed by atoms with van der Waals surface area (Å²) in [6.07, 6.45) is -1.59. The van der Waals surface area contributed by atoms with Crippen LogP contribution >= 0.6 is 22.9 Å². The van der Waals surface area contributed by atoms with Gasteiger partial charge in [-0.3, -0.25) is 4.90 Å². The van der Waals surface area contributed by atoms with Gasteiger partial charge in [-0.25, -0.2) is 22.0 Å². The van der Waals surface area contributed by atoms with Crippen LogP contribution in [0.1, 0.15) is 31.2 Å². The summed E-state index contributed by atoms with van der Waals surface area (Å²) >= 11 is 7.75. The molecule has 0 saturated carbocycles. The molecule has 2 aromatic heterocycles. The highest BCUT2D eigenvalue weighted by Gasteiger charge is 2.50. The van der Waals surface area contributed by atoms with Crippen molar-refractivity contribution in [1.29, 1.82) is 5.26 Å². The number of nitrogen functional groups attached to an aromatic ring is 1. The van der Waals surface area contributed by atoms with E-state index in [9.17, 15) is 22.8 Å². The molecule has 240 valence electrons. The van der Waals surface area contributed by atoms with Crippen molar-refractivity contribution in [3.8, 4) is 29.0 Å². The topological polar surface area (TPSA) is 101 Å². The standard InChI is InChI=1S/C31H26ClF5N6O2S/c32-22-20(15-2-3-17(34)26-19(15)16(9-38)28(39)46-26)23(35)24-21-25(22)44-11-18-14(27(36)37)4-7-43(18)29(21)41-30(40-24)45-12-31-5-1-6-42(31)10-13(33)8-31/h2-3,13-14,18,27H,1,4-8,10-12,39H2/t13-,14?,18?,31?/m1/s1. The Bertz CT molecular complexity index is 1970. The number of nitrogens with zero attached hydrogens (tertiary/aromatic N) is 5. The minimum Gasteiger partial charge on any atom is -0.489 e. The molecule has 8 nitrogen and oxygen atoms in total. The van der Waals surface area contributed by atoms with E-state index in [-0.39, 0.29) is 97.9 Å². The van der Waals surface area contributed by atoms with Crippen LogP contribution in [0.2, 0.25) is 5.02 Å². The van der Waals surface area contributed by atoms with Crippen LogP contribution in [-0.4, -0.2) is 71.9 Å². The molecule has 0 radical (unpaired) electrons. The lowest BCUT2D eigenvalue weighted by Crippen LogP contribution is -2.43. The fraction of sp³-hybridized carbons (Fsp3) is 0.452. The molecule has 2 N–H and O–H groups in total. The zero-order valence-corrected chi connectivity index (χ0v) is 25.7. The van der Waals surface area contributed by atoms with Crippen molar-refractivity contribution in [2.75, 3.05) is 43.5 Å². The molecule has 15 heteroatoms. The quantitative estimate of drug-likeness (QED) is 0.233. The Hall–Kier alpha value is -3.67. The smallest absolute Gasteiger partial charge is 0.319 e. The van der Waals surface area contributed by atoms with Crippen molar-refractivity contribution in [2.45, 2.75) is 49.9 Å². The first kappa shape index (κ1) is 29.7. The number of hydrogen-bond acceptors (Lipinski definition) is 9. The molecule has 3 fully saturated rings. The lowest BCUT2D eigenvalue weighted by molar-refractivity contribution is 0.0631. The minimum atomic E-state index is -2.64. The molecule has 8 rings (SSSR count). The summed E-state index contributed by atoms with van der Waals surface area (Å²) in [7, 11) is 0. The molecule has 6 heterocycles. The number of nitrogens with two attached hydrogens (primary N) is 1. The Kier molecular flexibility index (Phi) is 6.90. The van der Waals surface area contributed by atoms with Gasteiger partial charge in [-0.2, -0.15) is 15.2 Å². The number of halogens is 6. The van der Waals surface area contributed by atoms with E-state index < -0.39 is 41.7 Å². The van der Waals surface area contributed by atoms with E-state index in [2.05, 4.69) is 14.9 Å². The van der Waals surface area contributed by atoms with E-state index >= 15 is 4.39 Å². The van der Waals surface area contributed by atoms with Crippen molar-refractivity contribution in [2.24, 2.45) is 5.92 Å². The molecule has 3 saturated heterocycles. The van der Waals surface area contributed by atoms with Crippen LogP contribution in [0.25, 0.3) is 32.1 Å². The van der Waals surface area contributed by atoms with Gasteiger partial charge in [0.2, 0.25) is 6.43 Å². The van der Waals surface area contributed by atoms with E-state index in [1.807, 2.05) is 6.07 Å². The number of ether oxygens (including phenoxy) is 2. The van der Waals surface area contributed by atoms with Gasteiger partial charge >= 0.3 is 6.01 Å². The number of fused-ring (bicyclic) bond motifs is 4. The number of alkyl halides is 3. The summed E-state index contributed by atoms with van der Waals surface area (Å²) in [4.78, 5) is 12.8. The van der Waals surface area contributed by atoms with E-state index in [0.29, 0.717) is 6.54 Å². The molecule has 0 amide bonds. The summed E-state index contributed by atoms with van der Waals surface area (Å²) in [6, 6.07) is 3.40. The third kappa shape index (κ3) is 4.24. The van der Waals surface area contributed by atoms with Gasteiger partial charge in [0.15, 0.2) is 11.6 Å². The van der Waals surface area contributed by atoms with Crippen molar-refractivity contribution < 1.29 is 31.4 Å². The van der Waals surface area contributed by atoms with Gasteiger partial charge in [0.25, 0.3) is 0 Å². The maximum atomic E-state index is 17.0. The van der Waals surface area contributed by atoms with Crippen LogP contribution in [0.3, 0.4) is 0 Å². The average molecular weight is 677 g/mol. The van der Waals surface area contributed by atoms with E-state index in [0.717, 1.165) is 36.8 Å². The summed E-state index contributed by atoms with van der Waals surface area (Å²) < 4.78 is 86.9. The average Bonchev–Trinajstić information content (AvgIpc) is 3.75. The zero-order chi connectivity index (χ0) is 32.1. The monoisotopic (exact) mass is 676 g/mol. The normalized spacial score (nSPS) is 25.6. The molecule has 2 aromatic carbocycles. The number of hydrogen-bond donors (Lipinski definition) is 1. The highest BCUT2D eigenvalue weighted by molar-refractivity contribution is 7.23. The number of aromatic nitrogens is 2. The Balaban J connectivity index is 1.34. The Labute approximate surface area is 268 Å². The number of anilines is 2. The third-order valence-electron chi connectivity index (χ3n) is 9.96. The van der Waals surface area contributed by atoms with Crippen molar-refractivity contribution in [3.05, 3.63) is 34.4 Å². The molecule has 0 aliphatic carbocycles. The molecule has 4 aliphatic rings. The van der Waals surface area contributed by atoms with Gasteiger partial charge in [-0.05, 0) is 37.4 Å². The predicted octanol–water partition coefficient (Wildman–Crippen LogP) is 6.70. The molecule has 0 spiro atoms. The van der Waals surface area contributed by atoms with Gasteiger partial charge < -0.3 is 20.1 Å². The Morgan fingerprint density at radius 1 is 1.24 bits per heavy atom. The number of thiophene rings is 1. The maximum Gasteiger partial charge on any atom is 0.319 e. The highest BCUT2D eigenvalue weighted by Crippen LogP contribution is 2.52. The van der Waals surface area contributed by atoms with Crippen LogP contribution in [0.5, 0.6) is 11.8 Å². The van der Waals surface area contributed by atoms with Crippen LogP contribution in [0.4, 0.5) is 32.8 Å². The van der Waals surface area contributed by atoms with Gasteiger partial charge in [-0.15, -0.1) is 11.3 Å². The second-order valence-corrected chi connectivity index (χ2v) is 13.8. The second-order valence-electron chi connectivity index (χ2n) is 12.4. The lowest BCUT2D eigenvalue weighted by atomic mass is 9.95. The molecule has 4 aliphatic heterocycles. The van der Waals surface area contributed by atoms with E-state index in [1.54, 1.807) is 4.90 Å². The highest BCUT2D eigenvalue weighted by atomic mass is 35.5. The number of rotatable bonds is 5. The van der Waals surface area contributed by atoms with Gasteiger partial charge in [0, 0.05) is 36.4 Å².